The minimum Gasteiger partial charge on any atom is -0.479 e. The van der Waals surface area contributed by atoms with E-state index in [9.17, 15) is 13.6 Å². The summed E-state index contributed by atoms with van der Waals surface area (Å²) in [6.07, 6.45) is -3.68. The SMILES string of the molecule is Cc1c(Cc2cccc(O[C@H](C)C(=O)O)c2)c2cc(OC(C)(F)F)ccc2n1C. The van der Waals surface area contributed by atoms with Gasteiger partial charge >= 0.3 is 12.1 Å². The molecular weight excluding hydrogens is 380 g/mol. The van der Waals surface area contributed by atoms with Crippen molar-refractivity contribution in [2.45, 2.75) is 39.4 Å². The van der Waals surface area contributed by atoms with Crippen molar-refractivity contribution in [3.8, 4) is 11.5 Å². The minimum absolute atomic E-state index is 0.101. The Morgan fingerprint density at radius 1 is 1.21 bits per heavy atom. The van der Waals surface area contributed by atoms with Crippen LogP contribution in [0.5, 0.6) is 11.5 Å². The number of fused-ring (bicyclic) bond motifs is 1. The maximum atomic E-state index is 13.3. The Kier molecular flexibility index (Phi) is 5.50. The number of carboxylic acid groups (broad SMARTS) is 1. The molecule has 0 saturated heterocycles. The van der Waals surface area contributed by atoms with Gasteiger partial charge in [0.25, 0.3) is 0 Å². The highest BCUT2D eigenvalue weighted by molar-refractivity contribution is 5.87. The zero-order chi connectivity index (χ0) is 21.3. The van der Waals surface area contributed by atoms with E-state index >= 15 is 0 Å². The summed E-state index contributed by atoms with van der Waals surface area (Å²) in [6, 6.07) is 12.1. The number of aryl methyl sites for hydroxylation is 1. The number of ether oxygens (including phenoxy) is 2. The monoisotopic (exact) mass is 403 g/mol. The van der Waals surface area contributed by atoms with Crippen LogP contribution in [0.3, 0.4) is 0 Å². The summed E-state index contributed by atoms with van der Waals surface area (Å²) in [5.41, 5.74) is 3.82. The van der Waals surface area contributed by atoms with Gasteiger partial charge in [-0.05, 0) is 61.7 Å². The number of aromatic nitrogens is 1. The lowest BCUT2D eigenvalue weighted by molar-refractivity contribution is -0.158. The molecule has 1 N–H and O–H groups in total. The lowest BCUT2D eigenvalue weighted by Gasteiger charge is -2.13. The molecule has 0 unspecified atom stereocenters. The maximum Gasteiger partial charge on any atom is 0.394 e. The first kappa shape index (κ1) is 20.6. The molecule has 7 heteroatoms. The van der Waals surface area contributed by atoms with Crippen LogP contribution in [0.4, 0.5) is 8.78 Å². The number of alkyl halides is 2. The third-order valence-electron chi connectivity index (χ3n) is 4.83. The quantitative estimate of drug-likeness (QED) is 0.608. The number of rotatable bonds is 7. The van der Waals surface area contributed by atoms with Crippen LogP contribution in [0, 0.1) is 6.92 Å². The van der Waals surface area contributed by atoms with E-state index in [1.54, 1.807) is 30.3 Å². The van der Waals surface area contributed by atoms with Crippen molar-refractivity contribution in [3.05, 3.63) is 59.3 Å². The molecule has 0 bridgehead atoms. The second kappa shape index (κ2) is 7.73. The van der Waals surface area contributed by atoms with Crippen molar-refractivity contribution in [3.63, 3.8) is 0 Å². The van der Waals surface area contributed by atoms with Crippen LogP contribution >= 0.6 is 0 Å². The van der Waals surface area contributed by atoms with Gasteiger partial charge in [0.05, 0.1) is 0 Å². The summed E-state index contributed by atoms with van der Waals surface area (Å²) < 4.78 is 38.7. The van der Waals surface area contributed by atoms with Crippen LogP contribution in [-0.2, 0) is 18.3 Å². The molecule has 0 saturated carbocycles. The van der Waals surface area contributed by atoms with Gasteiger partial charge in [-0.2, -0.15) is 8.78 Å². The Morgan fingerprint density at radius 2 is 1.93 bits per heavy atom. The molecule has 1 atom stereocenters. The molecule has 3 aromatic rings. The highest BCUT2D eigenvalue weighted by Crippen LogP contribution is 2.32. The van der Waals surface area contributed by atoms with Crippen molar-refractivity contribution in [1.82, 2.24) is 4.57 Å². The van der Waals surface area contributed by atoms with Gasteiger partial charge in [-0.15, -0.1) is 0 Å². The molecule has 2 aromatic carbocycles. The van der Waals surface area contributed by atoms with Crippen LogP contribution in [0.25, 0.3) is 10.9 Å². The highest BCUT2D eigenvalue weighted by Gasteiger charge is 2.24. The second-order valence-electron chi connectivity index (χ2n) is 7.13. The summed E-state index contributed by atoms with van der Waals surface area (Å²) in [6.45, 7) is 4.14. The number of benzene rings is 2. The lowest BCUT2D eigenvalue weighted by Crippen LogP contribution is -2.22. The fourth-order valence-corrected chi connectivity index (χ4v) is 3.31. The number of carboxylic acids is 1. The number of carbonyl (C=O) groups is 1. The Morgan fingerprint density at radius 3 is 2.59 bits per heavy atom. The van der Waals surface area contributed by atoms with Crippen LogP contribution in [-0.4, -0.2) is 27.9 Å². The van der Waals surface area contributed by atoms with Gasteiger partial charge in [0.2, 0.25) is 0 Å². The zero-order valence-corrected chi connectivity index (χ0v) is 16.7. The number of hydrogen-bond acceptors (Lipinski definition) is 3. The van der Waals surface area contributed by atoms with Gasteiger partial charge in [0, 0.05) is 30.6 Å². The second-order valence-corrected chi connectivity index (χ2v) is 7.13. The van der Waals surface area contributed by atoms with Gasteiger partial charge in [-0.1, -0.05) is 12.1 Å². The summed E-state index contributed by atoms with van der Waals surface area (Å²) >= 11 is 0. The summed E-state index contributed by atoms with van der Waals surface area (Å²) in [5, 5.41) is 9.85. The lowest BCUT2D eigenvalue weighted by atomic mass is 10.0. The first-order chi connectivity index (χ1) is 13.5. The molecule has 0 aliphatic carbocycles. The molecule has 0 amide bonds. The van der Waals surface area contributed by atoms with Crippen molar-refractivity contribution in [1.29, 1.82) is 0 Å². The molecule has 0 aliphatic rings. The van der Waals surface area contributed by atoms with Gasteiger partial charge in [-0.3, -0.25) is 0 Å². The zero-order valence-electron chi connectivity index (χ0n) is 16.7. The Hall–Kier alpha value is -3.09. The molecular formula is C22H23F2NO4. The fourth-order valence-electron chi connectivity index (χ4n) is 3.31. The molecule has 5 nitrogen and oxygen atoms in total. The molecule has 0 spiro atoms. The van der Waals surface area contributed by atoms with E-state index in [0.29, 0.717) is 19.1 Å². The summed E-state index contributed by atoms with van der Waals surface area (Å²) in [7, 11) is 1.92. The summed E-state index contributed by atoms with van der Waals surface area (Å²) in [4.78, 5) is 11.0. The van der Waals surface area contributed by atoms with E-state index in [0.717, 1.165) is 27.7 Å². The number of aliphatic carboxylic acids is 1. The van der Waals surface area contributed by atoms with E-state index in [2.05, 4.69) is 0 Å². The predicted octanol–water partition coefficient (Wildman–Crippen LogP) is 4.92. The third kappa shape index (κ3) is 4.67. The first-order valence-electron chi connectivity index (χ1n) is 9.18. The molecule has 29 heavy (non-hydrogen) atoms. The van der Waals surface area contributed by atoms with Gasteiger partial charge in [0.1, 0.15) is 11.5 Å². The summed E-state index contributed by atoms with van der Waals surface area (Å²) in [5.74, 6) is -0.477. The van der Waals surface area contributed by atoms with E-state index in [1.165, 1.54) is 13.0 Å². The van der Waals surface area contributed by atoms with Crippen molar-refractivity contribution < 1.29 is 28.2 Å². The Balaban J connectivity index is 1.96. The van der Waals surface area contributed by atoms with Gasteiger partial charge in [-0.25, -0.2) is 4.79 Å². The van der Waals surface area contributed by atoms with Crippen LogP contribution in [0.2, 0.25) is 0 Å². The minimum atomic E-state index is -3.26. The largest absolute Gasteiger partial charge is 0.479 e. The normalized spacial score (nSPS) is 12.8. The molecule has 1 heterocycles. The van der Waals surface area contributed by atoms with Crippen LogP contribution in [0.15, 0.2) is 42.5 Å². The van der Waals surface area contributed by atoms with Crippen molar-refractivity contribution in [2.24, 2.45) is 7.05 Å². The van der Waals surface area contributed by atoms with E-state index < -0.39 is 18.2 Å². The van der Waals surface area contributed by atoms with Crippen molar-refractivity contribution in [2.75, 3.05) is 0 Å². The molecule has 0 radical (unpaired) electrons. The van der Waals surface area contributed by atoms with E-state index in [1.807, 2.05) is 24.6 Å². The smallest absolute Gasteiger partial charge is 0.394 e. The average molecular weight is 403 g/mol. The first-order valence-corrected chi connectivity index (χ1v) is 9.18. The van der Waals surface area contributed by atoms with Crippen molar-refractivity contribution >= 4 is 16.9 Å². The molecule has 0 aliphatic heterocycles. The Labute approximate surface area is 167 Å². The Bertz CT molecular complexity index is 1050. The van der Waals surface area contributed by atoms with Crippen LogP contribution in [0.1, 0.15) is 30.7 Å². The van der Waals surface area contributed by atoms with E-state index in [-0.39, 0.29) is 5.75 Å². The molecule has 1 aromatic heterocycles. The number of nitrogens with zero attached hydrogens (tertiary/aromatic N) is 1. The predicted molar refractivity (Wildman–Crippen MR) is 106 cm³/mol. The topological polar surface area (TPSA) is 60.7 Å². The standard InChI is InChI=1S/C22H23F2NO4/c1-13-18(11-15-6-5-7-16(10-15)28-14(2)21(26)27)19-12-17(29-22(3,23)24)8-9-20(19)25(13)4/h5-10,12,14H,11H2,1-4H3,(H,26,27)/t14-/m1/s1. The number of hydrogen-bond donors (Lipinski definition) is 1. The maximum absolute atomic E-state index is 13.3. The van der Waals surface area contributed by atoms with Gasteiger partial charge in [0.15, 0.2) is 6.10 Å². The average Bonchev–Trinajstić information content (AvgIpc) is 2.85. The molecule has 154 valence electrons. The van der Waals surface area contributed by atoms with Gasteiger partial charge < -0.3 is 19.1 Å². The van der Waals surface area contributed by atoms with Crippen LogP contribution < -0.4 is 9.47 Å². The molecule has 3 rings (SSSR count). The van der Waals surface area contributed by atoms with E-state index in [4.69, 9.17) is 14.6 Å². The number of halogens is 2. The third-order valence-corrected chi connectivity index (χ3v) is 4.83. The highest BCUT2D eigenvalue weighted by atomic mass is 19.3. The fraction of sp³-hybridized carbons (Fsp3) is 0.318. The molecule has 0 fully saturated rings.